The van der Waals surface area contributed by atoms with Crippen LogP contribution in [0.3, 0.4) is 0 Å². The van der Waals surface area contributed by atoms with Crippen molar-refractivity contribution in [3.63, 3.8) is 0 Å². The molecule has 2 aliphatic heterocycles. The lowest BCUT2D eigenvalue weighted by atomic mass is 9.91. The lowest BCUT2D eigenvalue weighted by Gasteiger charge is -2.47. The summed E-state index contributed by atoms with van der Waals surface area (Å²) in [4.78, 5) is 47.7. The number of likely N-dealkylation sites (tertiary alicyclic amines) is 1. The Hall–Kier alpha value is -3.76. The minimum Gasteiger partial charge on any atom is -0.442 e. The molecule has 0 bridgehead atoms. The van der Waals surface area contributed by atoms with E-state index in [2.05, 4.69) is 44.5 Å². The van der Waals surface area contributed by atoms with Gasteiger partial charge in [0, 0.05) is 44.7 Å². The second-order valence-corrected chi connectivity index (χ2v) is 13.4. The third-order valence-electron chi connectivity index (χ3n) is 9.31. The molecule has 234 valence electrons. The van der Waals surface area contributed by atoms with Crippen molar-refractivity contribution >= 4 is 34.5 Å². The first-order valence-corrected chi connectivity index (χ1v) is 16.0. The number of carbonyl (C=O) groups excluding carboxylic acids is 3. The van der Waals surface area contributed by atoms with Crippen LogP contribution in [-0.4, -0.2) is 92.3 Å². The smallest absolute Gasteiger partial charge is 0.435 e. The molecule has 6 rings (SSSR count). The number of nitrogens with one attached hydrogen (secondary N) is 1. The maximum absolute atomic E-state index is 14.4. The van der Waals surface area contributed by atoms with Gasteiger partial charge in [0.25, 0.3) is 0 Å². The highest BCUT2D eigenvalue weighted by Gasteiger charge is 2.51. The van der Waals surface area contributed by atoms with E-state index in [1.165, 1.54) is 10.2 Å². The van der Waals surface area contributed by atoms with Crippen molar-refractivity contribution in [1.82, 2.24) is 24.5 Å². The molecule has 2 aromatic carbocycles. The number of anilines is 1. The van der Waals surface area contributed by atoms with Crippen LogP contribution in [0, 0.1) is 0 Å². The monoisotopic (exact) mass is 600 g/mol. The van der Waals surface area contributed by atoms with Gasteiger partial charge in [-0.25, -0.2) is 4.79 Å². The maximum atomic E-state index is 14.4. The molecule has 3 heterocycles. The number of hydrogen-bond donors (Lipinski definition) is 1. The van der Waals surface area contributed by atoms with Crippen LogP contribution in [0.2, 0.25) is 0 Å². The van der Waals surface area contributed by atoms with Crippen molar-refractivity contribution < 1.29 is 19.1 Å². The molecule has 2 amide bonds. The standard InChI is InChI=1S/C34H44N6O4/c1-33(2,3)44-32(43)40-28-14-9-13-27(26(28)23-35-40)36-30(41)29-15-10-18-39(29)31(42)34(16-7-8-17-34)38-21-19-37(20-22-38)24-25-11-5-4-6-12-25/h4-6,9,11-14,23,29H,7-8,10,15-22,24H2,1-3H3,(H,36,41)/t29-/m1/s1. The Morgan fingerprint density at radius 2 is 1.66 bits per heavy atom. The summed E-state index contributed by atoms with van der Waals surface area (Å²) in [5.74, 6) is -0.0886. The predicted molar refractivity (Wildman–Crippen MR) is 169 cm³/mol. The summed E-state index contributed by atoms with van der Waals surface area (Å²) in [6.45, 7) is 10.5. The summed E-state index contributed by atoms with van der Waals surface area (Å²) >= 11 is 0. The Labute approximate surface area is 259 Å². The molecule has 1 aliphatic carbocycles. The summed E-state index contributed by atoms with van der Waals surface area (Å²) < 4.78 is 6.71. The number of carbonyl (C=O) groups is 3. The quantitative estimate of drug-likeness (QED) is 0.431. The van der Waals surface area contributed by atoms with Crippen molar-refractivity contribution in [1.29, 1.82) is 0 Å². The van der Waals surface area contributed by atoms with Crippen LogP contribution in [0.25, 0.3) is 10.9 Å². The number of hydrogen-bond acceptors (Lipinski definition) is 7. The molecule has 1 saturated carbocycles. The minimum absolute atomic E-state index is 0.111. The highest BCUT2D eigenvalue weighted by atomic mass is 16.6. The third-order valence-corrected chi connectivity index (χ3v) is 9.31. The highest BCUT2D eigenvalue weighted by Crippen LogP contribution is 2.39. The maximum Gasteiger partial charge on any atom is 0.435 e. The Morgan fingerprint density at radius 3 is 2.36 bits per heavy atom. The SMILES string of the molecule is CC(C)(C)OC(=O)n1ncc2c(NC(=O)[C@H]3CCCN3C(=O)C3(N4CCN(Cc5ccccc5)CC4)CCCC3)cccc21. The van der Waals surface area contributed by atoms with E-state index < -0.39 is 23.3 Å². The fourth-order valence-corrected chi connectivity index (χ4v) is 7.18. The highest BCUT2D eigenvalue weighted by molar-refractivity contribution is 6.05. The normalized spacial score (nSPS) is 21.1. The molecule has 1 N–H and O–H groups in total. The number of nitrogens with zero attached hydrogens (tertiary/aromatic N) is 5. The zero-order valence-electron chi connectivity index (χ0n) is 26.1. The Kier molecular flexibility index (Phi) is 8.48. The molecule has 3 fully saturated rings. The van der Waals surface area contributed by atoms with Crippen LogP contribution >= 0.6 is 0 Å². The van der Waals surface area contributed by atoms with E-state index >= 15 is 0 Å². The van der Waals surface area contributed by atoms with Gasteiger partial charge in [-0.2, -0.15) is 9.78 Å². The zero-order chi connectivity index (χ0) is 30.9. The first-order chi connectivity index (χ1) is 21.1. The van der Waals surface area contributed by atoms with Gasteiger partial charge in [-0.3, -0.25) is 19.4 Å². The largest absolute Gasteiger partial charge is 0.442 e. The van der Waals surface area contributed by atoms with Crippen LogP contribution in [0.1, 0.15) is 64.9 Å². The predicted octanol–water partition coefficient (Wildman–Crippen LogP) is 4.88. The summed E-state index contributed by atoms with van der Waals surface area (Å²) in [6, 6.07) is 15.4. The molecular formula is C34H44N6O4. The molecular weight excluding hydrogens is 556 g/mol. The number of benzene rings is 2. The van der Waals surface area contributed by atoms with E-state index in [-0.39, 0.29) is 11.8 Å². The Bertz CT molecular complexity index is 1500. The first-order valence-electron chi connectivity index (χ1n) is 16.0. The number of amides is 2. The van der Waals surface area contributed by atoms with Crippen molar-refractivity contribution in [3.05, 3.63) is 60.3 Å². The molecule has 3 aliphatic rings. The van der Waals surface area contributed by atoms with Gasteiger partial charge in [0.1, 0.15) is 17.2 Å². The van der Waals surface area contributed by atoms with Crippen molar-refractivity contribution in [2.45, 2.75) is 83.0 Å². The topological polar surface area (TPSA) is 100 Å². The van der Waals surface area contributed by atoms with Gasteiger partial charge in [-0.1, -0.05) is 49.2 Å². The van der Waals surface area contributed by atoms with Crippen molar-refractivity contribution in [2.75, 3.05) is 38.0 Å². The van der Waals surface area contributed by atoms with Gasteiger partial charge in [0.05, 0.1) is 17.4 Å². The number of piperazine rings is 1. The van der Waals surface area contributed by atoms with Gasteiger partial charge in [0.2, 0.25) is 11.8 Å². The second kappa shape index (κ2) is 12.3. The minimum atomic E-state index is -0.661. The number of aromatic nitrogens is 2. The molecule has 1 atom stereocenters. The van der Waals surface area contributed by atoms with Crippen LogP contribution in [-0.2, 0) is 20.9 Å². The lowest BCUT2D eigenvalue weighted by Crippen LogP contribution is -2.63. The molecule has 10 nitrogen and oxygen atoms in total. The van der Waals surface area contributed by atoms with Crippen molar-refractivity contribution in [2.24, 2.45) is 0 Å². The second-order valence-electron chi connectivity index (χ2n) is 13.4. The summed E-state index contributed by atoms with van der Waals surface area (Å²) in [7, 11) is 0. The van der Waals surface area contributed by atoms with E-state index in [0.29, 0.717) is 29.6 Å². The number of rotatable bonds is 6. The zero-order valence-corrected chi connectivity index (χ0v) is 26.1. The molecule has 0 radical (unpaired) electrons. The number of ether oxygens (including phenoxy) is 1. The average Bonchev–Trinajstić information content (AvgIpc) is 3.78. The molecule has 44 heavy (non-hydrogen) atoms. The van der Waals surface area contributed by atoms with Gasteiger partial charge in [-0.05, 0) is 64.2 Å². The van der Waals surface area contributed by atoms with Crippen LogP contribution in [0.5, 0.6) is 0 Å². The fourth-order valence-electron chi connectivity index (χ4n) is 7.18. The van der Waals surface area contributed by atoms with Gasteiger partial charge in [0.15, 0.2) is 0 Å². The van der Waals surface area contributed by atoms with Crippen LogP contribution in [0.15, 0.2) is 54.7 Å². The van der Waals surface area contributed by atoms with E-state index in [9.17, 15) is 14.4 Å². The molecule has 2 saturated heterocycles. The fraction of sp³-hybridized carbons (Fsp3) is 0.529. The van der Waals surface area contributed by atoms with E-state index in [4.69, 9.17) is 4.74 Å². The first kappa shape index (κ1) is 30.3. The van der Waals surface area contributed by atoms with Crippen molar-refractivity contribution in [3.8, 4) is 0 Å². The summed E-state index contributed by atoms with van der Waals surface area (Å²) in [5.41, 5.74) is 1.23. The average molecular weight is 601 g/mol. The lowest BCUT2D eigenvalue weighted by molar-refractivity contribution is -0.149. The van der Waals surface area contributed by atoms with E-state index in [1.807, 2.05) is 11.0 Å². The third kappa shape index (κ3) is 6.10. The molecule has 3 aromatic rings. The molecule has 10 heteroatoms. The summed E-state index contributed by atoms with van der Waals surface area (Å²) in [6.07, 6.45) is 6.17. The van der Waals surface area contributed by atoms with Gasteiger partial charge >= 0.3 is 6.09 Å². The Balaban J connectivity index is 1.15. The number of fused-ring (bicyclic) bond motifs is 1. The molecule has 1 aromatic heterocycles. The van der Waals surface area contributed by atoms with E-state index in [0.717, 1.165) is 64.8 Å². The Morgan fingerprint density at radius 1 is 0.932 bits per heavy atom. The van der Waals surface area contributed by atoms with Gasteiger partial charge < -0.3 is 15.0 Å². The van der Waals surface area contributed by atoms with E-state index in [1.54, 1.807) is 45.2 Å². The molecule has 0 spiro atoms. The molecule has 0 unspecified atom stereocenters. The van der Waals surface area contributed by atoms with Crippen LogP contribution < -0.4 is 5.32 Å². The summed E-state index contributed by atoms with van der Waals surface area (Å²) in [5, 5.41) is 7.95. The van der Waals surface area contributed by atoms with Gasteiger partial charge in [-0.15, -0.1) is 0 Å². The van der Waals surface area contributed by atoms with Crippen LogP contribution in [0.4, 0.5) is 10.5 Å².